The normalized spacial score (nSPS) is 12.0. The Kier molecular flexibility index (Phi) is 5.80. The van der Waals surface area contributed by atoms with Crippen LogP contribution in [0.15, 0.2) is 47.4 Å². The number of hydrogen-bond donors (Lipinski definition) is 1. The Hall–Kier alpha value is -1.59. The van der Waals surface area contributed by atoms with Crippen LogP contribution in [0.4, 0.5) is 8.78 Å². The molecule has 0 aliphatic heterocycles. The average molecular weight is 342 g/mol. The number of nitrogens with one attached hydrogen (secondary N) is 1. The molecule has 0 radical (unpaired) electrons. The molecule has 2 nitrogen and oxygen atoms in total. The molecule has 0 aromatic heterocycles. The van der Waals surface area contributed by atoms with Crippen LogP contribution in [0.5, 0.6) is 0 Å². The van der Waals surface area contributed by atoms with E-state index in [4.69, 9.17) is 11.6 Å². The molecule has 22 heavy (non-hydrogen) atoms. The first-order valence-electron chi connectivity index (χ1n) is 6.58. The van der Waals surface area contributed by atoms with Gasteiger partial charge in [-0.2, -0.15) is 0 Å². The van der Waals surface area contributed by atoms with E-state index in [-0.39, 0.29) is 22.6 Å². The number of carbonyl (C=O) groups is 1. The van der Waals surface area contributed by atoms with Crippen molar-refractivity contribution in [3.63, 3.8) is 0 Å². The second kappa shape index (κ2) is 7.61. The van der Waals surface area contributed by atoms with Crippen LogP contribution in [0.3, 0.4) is 0 Å². The summed E-state index contributed by atoms with van der Waals surface area (Å²) in [4.78, 5) is 12.0. The van der Waals surface area contributed by atoms with Gasteiger partial charge < -0.3 is 5.32 Å². The van der Waals surface area contributed by atoms with Crippen molar-refractivity contribution in [2.24, 2.45) is 0 Å². The molecule has 1 amide bonds. The van der Waals surface area contributed by atoms with Crippen LogP contribution in [0.25, 0.3) is 0 Å². The highest BCUT2D eigenvalue weighted by molar-refractivity contribution is 8.00. The van der Waals surface area contributed by atoms with Gasteiger partial charge in [0.05, 0.1) is 11.8 Å². The Balaban J connectivity index is 1.90. The second-order valence-corrected chi connectivity index (χ2v) is 6.16. The van der Waals surface area contributed by atoms with Crippen molar-refractivity contribution in [3.8, 4) is 0 Å². The summed E-state index contributed by atoms with van der Waals surface area (Å²) in [6, 6.07) is 10.1. The van der Waals surface area contributed by atoms with Gasteiger partial charge in [0.25, 0.3) is 0 Å². The van der Waals surface area contributed by atoms with Crippen LogP contribution < -0.4 is 5.32 Å². The number of halogens is 3. The fourth-order valence-corrected chi connectivity index (χ4v) is 2.75. The minimum absolute atomic E-state index is 0.0122. The van der Waals surface area contributed by atoms with Gasteiger partial charge in [0.15, 0.2) is 0 Å². The van der Waals surface area contributed by atoms with E-state index in [2.05, 4.69) is 5.32 Å². The van der Waals surface area contributed by atoms with Gasteiger partial charge in [-0.1, -0.05) is 23.7 Å². The van der Waals surface area contributed by atoms with Crippen LogP contribution in [0, 0.1) is 11.6 Å². The smallest absolute Gasteiger partial charge is 0.230 e. The fourth-order valence-electron chi connectivity index (χ4n) is 1.85. The van der Waals surface area contributed by atoms with Gasteiger partial charge in [-0.15, -0.1) is 11.8 Å². The molecule has 1 atom stereocenters. The SMILES string of the molecule is C[C@@H](NC(=O)CSc1cc(F)ccc1F)c1ccc(Cl)cc1. The van der Waals surface area contributed by atoms with Crippen LogP contribution >= 0.6 is 23.4 Å². The summed E-state index contributed by atoms with van der Waals surface area (Å²) in [5, 5.41) is 3.43. The van der Waals surface area contributed by atoms with Crippen LogP contribution in [-0.4, -0.2) is 11.7 Å². The van der Waals surface area contributed by atoms with Crippen LogP contribution in [0.2, 0.25) is 5.02 Å². The molecule has 0 aliphatic carbocycles. The van der Waals surface area contributed by atoms with Gasteiger partial charge in [-0.25, -0.2) is 8.78 Å². The average Bonchev–Trinajstić information content (AvgIpc) is 2.49. The van der Waals surface area contributed by atoms with E-state index < -0.39 is 11.6 Å². The Morgan fingerprint density at radius 1 is 1.23 bits per heavy atom. The molecule has 0 bridgehead atoms. The third-order valence-electron chi connectivity index (χ3n) is 3.00. The highest BCUT2D eigenvalue weighted by atomic mass is 35.5. The zero-order chi connectivity index (χ0) is 16.1. The van der Waals surface area contributed by atoms with Crippen molar-refractivity contribution in [1.82, 2.24) is 5.32 Å². The molecule has 0 saturated heterocycles. The summed E-state index contributed by atoms with van der Waals surface area (Å²) < 4.78 is 26.5. The number of benzene rings is 2. The maximum Gasteiger partial charge on any atom is 0.230 e. The second-order valence-electron chi connectivity index (χ2n) is 4.70. The molecular weight excluding hydrogens is 328 g/mol. The molecule has 0 spiro atoms. The predicted molar refractivity (Wildman–Crippen MR) is 85.1 cm³/mol. The Labute approximate surface area is 136 Å². The third kappa shape index (κ3) is 4.71. The van der Waals surface area contributed by atoms with E-state index in [1.54, 1.807) is 12.1 Å². The highest BCUT2D eigenvalue weighted by Gasteiger charge is 2.12. The van der Waals surface area contributed by atoms with Gasteiger partial charge >= 0.3 is 0 Å². The molecule has 1 N–H and O–H groups in total. The molecule has 0 unspecified atom stereocenters. The molecule has 116 valence electrons. The largest absolute Gasteiger partial charge is 0.349 e. The van der Waals surface area contributed by atoms with Crippen molar-refractivity contribution in [3.05, 3.63) is 64.7 Å². The van der Waals surface area contributed by atoms with E-state index in [0.29, 0.717) is 5.02 Å². The lowest BCUT2D eigenvalue weighted by molar-refractivity contribution is -0.119. The highest BCUT2D eigenvalue weighted by Crippen LogP contribution is 2.23. The van der Waals surface area contributed by atoms with E-state index in [1.807, 2.05) is 19.1 Å². The summed E-state index contributed by atoms with van der Waals surface area (Å²) in [5.41, 5.74) is 0.916. The molecule has 6 heteroatoms. The molecule has 2 rings (SSSR count). The summed E-state index contributed by atoms with van der Waals surface area (Å²) in [6.07, 6.45) is 0. The molecule has 0 aliphatic rings. The quantitative estimate of drug-likeness (QED) is 0.806. The molecule has 0 saturated carbocycles. The van der Waals surface area contributed by atoms with Gasteiger partial charge in [-0.3, -0.25) is 4.79 Å². The minimum atomic E-state index is -0.537. The molecule has 0 heterocycles. The Morgan fingerprint density at radius 2 is 1.91 bits per heavy atom. The van der Waals surface area contributed by atoms with Gasteiger partial charge in [0.1, 0.15) is 11.6 Å². The van der Waals surface area contributed by atoms with E-state index in [1.165, 1.54) is 0 Å². The van der Waals surface area contributed by atoms with Gasteiger partial charge in [0.2, 0.25) is 5.91 Å². The first-order valence-corrected chi connectivity index (χ1v) is 7.95. The number of carbonyl (C=O) groups excluding carboxylic acids is 1. The number of thioether (sulfide) groups is 1. The summed E-state index contributed by atoms with van der Waals surface area (Å²) in [7, 11) is 0. The predicted octanol–water partition coefficient (Wildman–Crippen LogP) is 4.59. The van der Waals surface area contributed by atoms with E-state index in [0.717, 1.165) is 35.5 Å². The summed E-state index contributed by atoms with van der Waals surface area (Å²) >= 11 is 6.77. The molecular formula is C16H14ClF2NOS. The molecule has 2 aromatic carbocycles. The standard InChI is InChI=1S/C16H14ClF2NOS/c1-10(11-2-4-12(17)5-3-11)20-16(21)9-22-15-8-13(18)6-7-14(15)19/h2-8,10H,9H2,1H3,(H,20,21)/t10-/m1/s1. The zero-order valence-electron chi connectivity index (χ0n) is 11.8. The van der Waals surface area contributed by atoms with Crippen molar-refractivity contribution in [2.45, 2.75) is 17.9 Å². The lowest BCUT2D eigenvalue weighted by atomic mass is 10.1. The summed E-state index contributed by atoms with van der Waals surface area (Å²) in [5.74, 6) is -1.31. The molecule has 2 aromatic rings. The monoisotopic (exact) mass is 341 g/mol. The zero-order valence-corrected chi connectivity index (χ0v) is 13.3. The summed E-state index contributed by atoms with van der Waals surface area (Å²) in [6.45, 7) is 1.84. The van der Waals surface area contributed by atoms with Crippen LogP contribution in [0.1, 0.15) is 18.5 Å². The number of hydrogen-bond acceptors (Lipinski definition) is 2. The van der Waals surface area contributed by atoms with E-state index >= 15 is 0 Å². The Bertz CT molecular complexity index is 664. The Morgan fingerprint density at radius 3 is 2.59 bits per heavy atom. The first-order chi connectivity index (χ1) is 10.5. The maximum atomic E-state index is 13.5. The van der Waals surface area contributed by atoms with Gasteiger partial charge in [-0.05, 0) is 42.8 Å². The lowest BCUT2D eigenvalue weighted by Crippen LogP contribution is -2.28. The first kappa shape index (κ1) is 16.8. The minimum Gasteiger partial charge on any atom is -0.349 e. The lowest BCUT2D eigenvalue weighted by Gasteiger charge is -2.14. The molecule has 0 fully saturated rings. The number of amides is 1. The fraction of sp³-hybridized carbons (Fsp3) is 0.188. The third-order valence-corrected chi connectivity index (χ3v) is 4.28. The van der Waals surface area contributed by atoms with Crippen LogP contribution in [-0.2, 0) is 4.79 Å². The topological polar surface area (TPSA) is 29.1 Å². The van der Waals surface area contributed by atoms with Crippen molar-refractivity contribution < 1.29 is 13.6 Å². The van der Waals surface area contributed by atoms with E-state index in [9.17, 15) is 13.6 Å². The van der Waals surface area contributed by atoms with Crippen molar-refractivity contribution in [1.29, 1.82) is 0 Å². The van der Waals surface area contributed by atoms with Gasteiger partial charge in [0, 0.05) is 9.92 Å². The van der Waals surface area contributed by atoms with Crippen molar-refractivity contribution >= 4 is 29.3 Å². The maximum absolute atomic E-state index is 13.5. The number of rotatable bonds is 5. The van der Waals surface area contributed by atoms with Crippen molar-refractivity contribution in [2.75, 3.05) is 5.75 Å².